The van der Waals surface area contributed by atoms with Gasteiger partial charge in [-0.2, -0.15) is 13.2 Å². The van der Waals surface area contributed by atoms with Gasteiger partial charge in [-0.05, 0) is 12.1 Å². The van der Waals surface area contributed by atoms with Gasteiger partial charge in [0.05, 0.1) is 12.3 Å². The molecule has 2 aliphatic heterocycles. The molecule has 2 N–H and O–H groups in total. The van der Waals surface area contributed by atoms with Crippen LogP contribution in [0.15, 0.2) is 30.3 Å². The van der Waals surface area contributed by atoms with Crippen LogP contribution in [0.4, 0.5) is 32.0 Å². The first-order valence-electron chi connectivity index (χ1n) is 7.72. The number of carbonyl (C=O) groups is 1. The second-order valence-electron chi connectivity index (χ2n) is 6.14. The monoisotopic (exact) mass is 405 g/mol. The zero-order valence-corrected chi connectivity index (χ0v) is 13.5. The summed E-state index contributed by atoms with van der Waals surface area (Å²) < 4.78 is 88.7. The number of halogens is 6. The van der Waals surface area contributed by atoms with E-state index in [1.165, 1.54) is 6.07 Å². The summed E-state index contributed by atoms with van der Waals surface area (Å²) >= 11 is 0. The quantitative estimate of drug-likeness (QED) is 0.713. The topological polar surface area (TPSA) is 67.8 Å². The molecular weight excluding hydrogens is 396 g/mol. The zero-order chi connectivity index (χ0) is 20.5. The van der Waals surface area contributed by atoms with Crippen LogP contribution in [0.1, 0.15) is 22.3 Å². The average Bonchev–Trinajstić information content (AvgIpc) is 2.83. The molecule has 0 saturated heterocycles. The summed E-state index contributed by atoms with van der Waals surface area (Å²) in [5.41, 5.74) is -6.45. The summed E-state index contributed by atoms with van der Waals surface area (Å²) in [4.78, 5) is 12.5. The lowest BCUT2D eigenvalue weighted by Crippen LogP contribution is -2.39. The third-order valence-electron chi connectivity index (χ3n) is 4.53. The highest BCUT2D eigenvalue weighted by molar-refractivity contribution is 6.08. The molecule has 0 saturated carbocycles. The molecule has 0 aliphatic carbocycles. The van der Waals surface area contributed by atoms with Crippen molar-refractivity contribution >= 4 is 11.6 Å². The number of hydrogen-bond donors (Lipinski definition) is 2. The molecular formula is C17H9F6NO4. The molecule has 0 aromatic heterocycles. The van der Waals surface area contributed by atoms with Crippen molar-refractivity contribution in [2.45, 2.75) is 24.7 Å². The number of rotatable bonds is 1. The van der Waals surface area contributed by atoms with Crippen molar-refractivity contribution in [2.75, 3.05) is 5.32 Å². The number of fused-ring (bicyclic) bond motifs is 2. The van der Waals surface area contributed by atoms with Gasteiger partial charge in [-0.3, -0.25) is 9.53 Å². The predicted molar refractivity (Wildman–Crippen MR) is 79.8 cm³/mol. The highest BCUT2D eigenvalue weighted by atomic mass is 19.4. The fourth-order valence-corrected chi connectivity index (χ4v) is 3.34. The summed E-state index contributed by atoms with van der Waals surface area (Å²) in [6, 6.07) is 4.73. The van der Waals surface area contributed by atoms with Crippen molar-refractivity contribution in [3.05, 3.63) is 58.4 Å². The molecule has 1 atom stereocenters. The van der Waals surface area contributed by atoms with E-state index >= 15 is 0 Å². The van der Waals surface area contributed by atoms with Crippen LogP contribution in [-0.4, -0.2) is 17.3 Å². The van der Waals surface area contributed by atoms with Gasteiger partial charge in [0.1, 0.15) is 17.1 Å². The van der Waals surface area contributed by atoms with Gasteiger partial charge in [-0.15, -0.1) is 8.78 Å². The molecule has 2 aliphatic rings. The van der Waals surface area contributed by atoms with Gasteiger partial charge in [-0.1, -0.05) is 18.2 Å². The van der Waals surface area contributed by atoms with E-state index in [1.807, 2.05) is 5.32 Å². The van der Waals surface area contributed by atoms with Gasteiger partial charge < -0.3 is 15.2 Å². The Hall–Kier alpha value is -2.79. The third kappa shape index (κ3) is 2.53. The number of hydrogen-bond acceptors (Lipinski definition) is 4. The number of benzene rings is 2. The van der Waals surface area contributed by atoms with Crippen molar-refractivity contribution < 1.29 is 45.7 Å². The molecule has 0 radical (unpaired) electrons. The van der Waals surface area contributed by atoms with Crippen LogP contribution in [0.2, 0.25) is 0 Å². The second kappa shape index (κ2) is 5.61. The number of ether oxygens (including phenoxy) is 2. The lowest BCUT2D eigenvalue weighted by atomic mass is 9.83. The van der Waals surface area contributed by atoms with Crippen LogP contribution in [-0.2, 0) is 27.9 Å². The molecule has 148 valence electrons. The Bertz CT molecular complexity index is 1010. The Morgan fingerprint density at radius 1 is 1.11 bits per heavy atom. The molecule has 1 unspecified atom stereocenters. The van der Waals surface area contributed by atoms with E-state index in [2.05, 4.69) is 9.47 Å². The Morgan fingerprint density at radius 2 is 1.82 bits per heavy atom. The molecule has 2 aromatic carbocycles. The SMILES string of the molecule is O=C1Nc2c(ccc(F)c2C(F)(F)F)C1(O)c1cccc2c1COC(F)(F)O2. The van der Waals surface area contributed by atoms with Gasteiger partial charge in [-0.25, -0.2) is 4.39 Å². The number of alkyl halides is 5. The minimum atomic E-state index is -5.15. The van der Waals surface area contributed by atoms with E-state index in [-0.39, 0.29) is 11.1 Å². The van der Waals surface area contributed by atoms with Crippen molar-refractivity contribution in [1.82, 2.24) is 0 Å². The zero-order valence-electron chi connectivity index (χ0n) is 13.5. The van der Waals surface area contributed by atoms with Crippen molar-refractivity contribution in [3.8, 4) is 5.75 Å². The normalized spacial score (nSPS) is 22.9. The van der Waals surface area contributed by atoms with Crippen molar-refractivity contribution in [3.63, 3.8) is 0 Å². The molecule has 0 spiro atoms. The van der Waals surface area contributed by atoms with Crippen LogP contribution in [0.25, 0.3) is 0 Å². The average molecular weight is 405 g/mol. The molecule has 4 rings (SSSR count). The van der Waals surface area contributed by atoms with Crippen LogP contribution in [0, 0.1) is 5.82 Å². The maximum Gasteiger partial charge on any atom is 0.535 e. The summed E-state index contributed by atoms with van der Waals surface area (Å²) in [6.45, 7) is -0.781. The molecule has 11 heteroatoms. The highest BCUT2D eigenvalue weighted by Crippen LogP contribution is 2.50. The van der Waals surface area contributed by atoms with Crippen molar-refractivity contribution in [1.29, 1.82) is 0 Å². The van der Waals surface area contributed by atoms with Crippen LogP contribution < -0.4 is 10.1 Å². The third-order valence-corrected chi connectivity index (χ3v) is 4.53. The molecule has 1 amide bonds. The van der Waals surface area contributed by atoms with Crippen LogP contribution in [0.3, 0.4) is 0 Å². The van der Waals surface area contributed by atoms with Crippen LogP contribution in [0.5, 0.6) is 5.75 Å². The largest absolute Gasteiger partial charge is 0.535 e. The van der Waals surface area contributed by atoms with Gasteiger partial charge >= 0.3 is 12.5 Å². The molecule has 2 aromatic rings. The molecule has 0 bridgehead atoms. The fraction of sp³-hybridized carbons (Fsp3) is 0.235. The predicted octanol–water partition coefficient (Wildman–Crippen LogP) is 3.49. The summed E-state index contributed by atoms with van der Waals surface area (Å²) in [5.74, 6) is -3.36. The van der Waals surface area contributed by atoms with Gasteiger partial charge in [0.25, 0.3) is 5.91 Å². The van der Waals surface area contributed by atoms with Gasteiger partial charge in [0, 0.05) is 16.7 Å². The van der Waals surface area contributed by atoms with E-state index in [0.29, 0.717) is 6.07 Å². The van der Waals surface area contributed by atoms with E-state index < -0.39 is 59.0 Å². The van der Waals surface area contributed by atoms with Crippen LogP contribution >= 0.6 is 0 Å². The van der Waals surface area contributed by atoms with Gasteiger partial charge in [0.15, 0.2) is 5.60 Å². The first-order valence-corrected chi connectivity index (χ1v) is 7.72. The standard InChI is InChI=1S/C17H9F6NO4/c18-10-5-4-9-13(12(10)16(19,20)21)24-14(25)15(9,26)8-2-1-3-11-7(8)6-27-17(22,23)28-11/h1-5,26H,6H2,(H,24,25). The molecule has 5 nitrogen and oxygen atoms in total. The summed E-state index contributed by atoms with van der Waals surface area (Å²) in [6.07, 6.45) is -9.10. The first-order chi connectivity index (χ1) is 12.9. The number of amides is 1. The maximum atomic E-state index is 13.8. The second-order valence-corrected chi connectivity index (χ2v) is 6.14. The number of anilines is 1. The van der Waals surface area contributed by atoms with Gasteiger partial charge in [0.2, 0.25) is 0 Å². The number of nitrogens with one attached hydrogen (secondary N) is 1. The van der Waals surface area contributed by atoms with Crippen molar-refractivity contribution in [2.24, 2.45) is 0 Å². The Balaban J connectivity index is 1.94. The fourth-order valence-electron chi connectivity index (χ4n) is 3.34. The number of aliphatic hydroxyl groups is 1. The van der Waals surface area contributed by atoms with E-state index in [4.69, 9.17) is 0 Å². The highest BCUT2D eigenvalue weighted by Gasteiger charge is 2.53. The molecule has 28 heavy (non-hydrogen) atoms. The molecule has 0 fully saturated rings. The van der Waals surface area contributed by atoms with E-state index in [9.17, 15) is 36.2 Å². The smallest absolute Gasteiger partial charge is 0.409 e. The maximum absolute atomic E-state index is 13.8. The Labute approximate surface area is 152 Å². The lowest BCUT2D eigenvalue weighted by Gasteiger charge is -2.30. The summed E-state index contributed by atoms with van der Waals surface area (Å²) in [5, 5.41) is 12.9. The lowest BCUT2D eigenvalue weighted by molar-refractivity contribution is -0.368. The molecule has 2 heterocycles. The first kappa shape index (κ1) is 18.6. The minimum Gasteiger partial charge on any atom is -0.409 e. The number of carbonyl (C=O) groups excluding carboxylic acids is 1. The van der Waals surface area contributed by atoms with E-state index in [1.54, 1.807) is 0 Å². The van der Waals surface area contributed by atoms with E-state index in [0.717, 1.165) is 18.2 Å². The minimum absolute atomic E-state index is 0.156. The Kier molecular flexibility index (Phi) is 3.72. The Morgan fingerprint density at radius 3 is 2.50 bits per heavy atom. The summed E-state index contributed by atoms with van der Waals surface area (Å²) in [7, 11) is 0.